The first-order chi connectivity index (χ1) is 17.9. The second-order valence-corrected chi connectivity index (χ2v) is 7.83. The van der Waals surface area contributed by atoms with Gasteiger partial charge < -0.3 is 23.9 Å². The third-order valence-corrected chi connectivity index (χ3v) is 5.16. The summed E-state index contributed by atoms with van der Waals surface area (Å²) < 4.78 is 24.1. The van der Waals surface area contributed by atoms with Gasteiger partial charge in [-0.05, 0) is 55.8 Å². The molecule has 4 rings (SSSR count). The van der Waals surface area contributed by atoms with Crippen LogP contribution in [-0.4, -0.2) is 33.8 Å². The molecule has 0 radical (unpaired) electrons. The number of non-ortho nitro benzene ring substituents is 1. The SMILES string of the molecule is CCOc1ccc(Cn2cc(NC(=O)c3ccc(COc4ccc([N+](=O)[O-])cc4)o3)cn2)cc1OCC. The van der Waals surface area contributed by atoms with Gasteiger partial charge in [-0.3, -0.25) is 19.6 Å². The van der Waals surface area contributed by atoms with Gasteiger partial charge in [0.25, 0.3) is 11.6 Å². The minimum absolute atomic E-state index is 0.0256. The lowest BCUT2D eigenvalue weighted by molar-refractivity contribution is -0.384. The minimum Gasteiger partial charge on any atom is -0.490 e. The Morgan fingerprint density at radius 1 is 1.03 bits per heavy atom. The van der Waals surface area contributed by atoms with E-state index in [4.69, 9.17) is 18.6 Å². The van der Waals surface area contributed by atoms with Gasteiger partial charge in [0.1, 0.15) is 18.1 Å². The number of carbonyl (C=O) groups is 1. The highest BCUT2D eigenvalue weighted by atomic mass is 16.6. The molecule has 0 aliphatic heterocycles. The molecule has 0 atom stereocenters. The van der Waals surface area contributed by atoms with Crippen molar-refractivity contribution >= 4 is 17.3 Å². The molecule has 0 fully saturated rings. The Morgan fingerprint density at radius 2 is 1.78 bits per heavy atom. The number of hydrogen-bond donors (Lipinski definition) is 1. The molecular weight excluding hydrogens is 480 g/mol. The van der Waals surface area contributed by atoms with E-state index in [0.717, 1.165) is 5.56 Å². The van der Waals surface area contributed by atoms with Gasteiger partial charge in [-0.15, -0.1) is 0 Å². The summed E-state index contributed by atoms with van der Waals surface area (Å²) in [5.41, 5.74) is 1.46. The highest BCUT2D eigenvalue weighted by molar-refractivity contribution is 6.02. The first kappa shape index (κ1) is 25.3. The summed E-state index contributed by atoms with van der Waals surface area (Å²) in [5, 5.41) is 17.8. The third-order valence-electron chi connectivity index (χ3n) is 5.16. The number of amides is 1. The van der Waals surface area contributed by atoms with E-state index in [9.17, 15) is 14.9 Å². The maximum Gasteiger partial charge on any atom is 0.291 e. The van der Waals surface area contributed by atoms with Crippen LogP contribution in [0.1, 0.15) is 35.7 Å². The number of nitro groups is 1. The molecule has 0 aliphatic rings. The predicted molar refractivity (Wildman–Crippen MR) is 134 cm³/mol. The Kier molecular flexibility index (Phi) is 8.04. The van der Waals surface area contributed by atoms with E-state index < -0.39 is 10.8 Å². The van der Waals surface area contributed by atoms with Crippen LogP contribution in [0.3, 0.4) is 0 Å². The Balaban J connectivity index is 1.32. The summed E-state index contributed by atoms with van der Waals surface area (Å²) in [6.07, 6.45) is 3.27. The number of aromatic nitrogens is 2. The van der Waals surface area contributed by atoms with E-state index in [-0.39, 0.29) is 18.1 Å². The van der Waals surface area contributed by atoms with Crippen molar-refractivity contribution in [3.63, 3.8) is 0 Å². The van der Waals surface area contributed by atoms with E-state index in [2.05, 4.69) is 10.4 Å². The molecule has 2 aromatic carbocycles. The van der Waals surface area contributed by atoms with Crippen molar-refractivity contribution in [3.8, 4) is 17.2 Å². The maximum absolute atomic E-state index is 12.6. The van der Waals surface area contributed by atoms with Crippen LogP contribution in [-0.2, 0) is 13.2 Å². The molecule has 0 bridgehead atoms. The summed E-state index contributed by atoms with van der Waals surface area (Å²) in [7, 11) is 0. The number of nitrogens with zero attached hydrogens (tertiary/aromatic N) is 3. The zero-order valence-electron chi connectivity index (χ0n) is 20.4. The lowest BCUT2D eigenvalue weighted by Crippen LogP contribution is -2.10. The smallest absolute Gasteiger partial charge is 0.291 e. The summed E-state index contributed by atoms with van der Waals surface area (Å²) in [5.74, 6) is 1.93. The van der Waals surface area contributed by atoms with Crippen molar-refractivity contribution in [3.05, 3.63) is 94.2 Å². The van der Waals surface area contributed by atoms with Crippen LogP contribution in [0.25, 0.3) is 0 Å². The van der Waals surface area contributed by atoms with Gasteiger partial charge in [-0.1, -0.05) is 6.07 Å². The molecular formula is C26H26N4O7. The molecule has 4 aromatic rings. The Hall–Kier alpha value is -4.80. The lowest BCUT2D eigenvalue weighted by Gasteiger charge is -2.12. The molecule has 11 heteroatoms. The summed E-state index contributed by atoms with van der Waals surface area (Å²) in [6, 6.07) is 14.6. The van der Waals surface area contributed by atoms with E-state index >= 15 is 0 Å². The molecule has 1 amide bonds. The van der Waals surface area contributed by atoms with E-state index in [1.165, 1.54) is 24.3 Å². The monoisotopic (exact) mass is 506 g/mol. The Labute approximate surface area is 212 Å². The van der Waals surface area contributed by atoms with Crippen LogP contribution in [0.5, 0.6) is 17.2 Å². The van der Waals surface area contributed by atoms with Gasteiger partial charge in [-0.25, -0.2) is 0 Å². The molecule has 0 spiro atoms. The molecule has 37 heavy (non-hydrogen) atoms. The number of carbonyl (C=O) groups excluding carboxylic acids is 1. The number of hydrogen-bond acceptors (Lipinski definition) is 8. The number of furan rings is 1. The van der Waals surface area contributed by atoms with Crippen LogP contribution in [0, 0.1) is 10.1 Å². The average Bonchev–Trinajstić information content (AvgIpc) is 3.54. The fourth-order valence-electron chi connectivity index (χ4n) is 3.48. The quantitative estimate of drug-likeness (QED) is 0.208. The lowest BCUT2D eigenvalue weighted by atomic mass is 10.2. The number of nitrogens with one attached hydrogen (secondary N) is 1. The highest BCUT2D eigenvalue weighted by Crippen LogP contribution is 2.29. The second kappa shape index (κ2) is 11.8. The van der Waals surface area contributed by atoms with Crippen LogP contribution < -0.4 is 19.5 Å². The van der Waals surface area contributed by atoms with Crippen LogP contribution >= 0.6 is 0 Å². The van der Waals surface area contributed by atoms with Crippen molar-refractivity contribution in [2.45, 2.75) is 27.0 Å². The summed E-state index contributed by atoms with van der Waals surface area (Å²) >= 11 is 0. The number of rotatable bonds is 12. The normalized spacial score (nSPS) is 10.6. The topological polar surface area (TPSA) is 131 Å². The number of anilines is 1. The second-order valence-electron chi connectivity index (χ2n) is 7.83. The van der Waals surface area contributed by atoms with Gasteiger partial charge in [0, 0.05) is 18.3 Å². The third kappa shape index (κ3) is 6.66. The van der Waals surface area contributed by atoms with E-state index in [1.54, 1.807) is 29.2 Å². The number of ether oxygens (including phenoxy) is 3. The van der Waals surface area contributed by atoms with Gasteiger partial charge in [-0.2, -0.15) is 5.10 Å². The first-order valence-electron chi connectivity index (χ1n) is 11.6. The zero-order chi connectivity index (χ0) is 26.2. The minimum atomic E-state index is -0.483. The van der Waals surface area contributed by atoms with E-state index in [1.807, 2.05) is 32.0 Å². The largest absolute Gasteiger partial charge is 0.490 e. The van der Waals surface area contributed by atoms with E-state index in [0.29, 0.717) is 48.5 Å². The van der Waals surface area contributed by atoms with Crippen molar-refractivity contribution in [1.29, 1.82) is 0 Å². The molecule has 0 unspecified atom stereocenters. The fraction of sp³-hybridized carbons (Fsp3) is 0.231. The molecule has 1 N–H and O–H groups in total. The summed E-state index contributed by atoms with van der Waals surface area (Å²) in [6.45, 7) is 5.45. The average molecular weight is 507 g/mol. The molecule has 11 nitrogen and oxygen atoms in total. The summed E-state index contributed by atoms with van der Waals surface area (Å²) in [4.78, 5) is 22.9. The van der Waals surface area contributed by atoms with Crippen molar-refractivity contribution in [1.82, 2.24) is 9.78 Å². The number of nitro benzene ring substituents is 1. The van der Waals surface area contributed by atoms with Gasteiger partial charge in [0.15, 0.2) is 17.3 Å². The van der Waals surface area contributed by atoms with Crippen LogP contribution in [0.4, 0.5) is 11.4 Å². The molecule has 0 saturated carbocycles. The fourth-order valence-corrected chi connectivity index (χ4v) is 3.48. The Morgan fingerprint density at radius 3 is 2.51 bits per heavy atom. The van der Waals surface area contributed by atoms with Gasteiger partial charge >= 0.3 is 0 Å². The molecule has 2 heterocycles. The first-order valence-corrected chi connectivity index (χ1v) is 11.6. The predicted octanol–water partition coefficient (Wildman–Crippen LogP) is 5.06. The molecule has 0 aliphatic carbocycles. The Bertz CT molecular complexity index is 1360. The maximum atomic E-state index is 12.6. The van der Waals surface area contributed by atoms with Crippen molar-refractivity contribution in [2.75, 3.05) is 18.5 Å². The van der Waals surface area contributed by atoms with Crippen molar-refractivity contribution in [2.24, 2.45) is 0 Å². The zero-order valence-corrected chi connectivity index (χ0v) is 20.4. The van der Waals surface area contributed by atoms with Crippen molar-refractivity contribution < 1.29 is 28.3 Å². The van der Waals surface area contributed by atoms with Gasteiger partial charge in [0.2, 0.25) is 0 Å². The molecule has 0 saturated heterocycles. The van der Waals surface area contributed by atoms with Crippen LogP contribution in [0.2, 0.25) is 0 Å². The highest BCUT2D eigenvalue weighted by Gasteiger charge is 2.14. The standard InChI is InChI=1S/C26H26N4O7/c1-3-34-23-11-5-18(13-25(23)35-4-2)15-29-16-19(14-27-29)28-26(31)24-12-10-22(37-24)17-36-21-8-6-20(7-9-21)30(32)33/h5-14,16H,3-4,15,17H2,1-2H3,(H,28,31). The molecule has 2 aromatic heterocycles. The molecule has 192 valence electrons. The number of benzene rings is 2. The van der Waals surface area contributed by atoms with Crippen LogP contribution in [0.15, 0.2) is 71.4 Å². The van der Waals surface area contributed by atoms with Gasteiger partial charge in [0.05, 0.1) is 36.6 Å².